The van der Waals surface area contributed by atoms with Gasteiger partial charge in [0, 0.05) is 5.54 Å². The van der Waals surface area contributed by atoms with E-state index in [4.69, 9.17) is 5.73 Å². The maximum Gasteiger partial charge on any atom is 0.156 e. The lowest BCUT2D eigenvalue weighted by Gasteiger charge is -2.45. The monoisotopic (exact) mass is 233 g/mol. The van der Waals surface area contributed by atoms with Crippen molar-refractivity contribution in [1.29, 1.82) is 0 Å². The van der Waals surface area contributed by atoms with Crippen molar-refractivity contribution in [3.63, 3.8) is 0 Å². The van der Waals surface area contributed by atoms with E-state index < -0.39 is 21.0 Å². The van der Waals surface area contributed by atoms with E-state index in [-0.39, 0.29) is 10.5 Å². The molecule has 5 heteroatoms. The molecule has 0 saturated carbocycles. The quantitative estimate of drug-likeness (QED) is 0.677. The Morgan fingerprint density at radius 1 is 1.27 bits per heavy atom. The molecular weight excluding hydrogens is 214 g/mol. The van der Waals surface area contributed by atoms with Crippen LogP contribution in [0.2, 0.25) is 0 Å². The Kier molecular flexibility index (Phi) is 2.24. The summed E-state index contributed by atoms with van der Waals surface area (Å²) in [6.45, 7) is 3.54. The minimum atomic E-state index is -2.98. The van der Waals surface area contributed by atoms with Crippen LogP contribution in [0.5, 0.6) is 0 Å². The number of hydrogen-bond donors (Lipinski definition) is 2. The third-order valence-electron chi connectivity index (χ3n) is 4.07. The molecule has 4 nitrogen and oxygen atoms in total. The van der Waals surface area contributed by atoms with Crippen molar-refractivity contribution in [3.05, 3.63) is 0 Å². The largest absolute Gasteiger partial charge is 0.388 e. The SMILES string of the molecule is CC(C)(N)C1(O)CC2CCC(C1)S2(=O)=O. The number of nitrogens with two attached hydrogens (primary N) is 1. The summed E-state index contributed by atoms with van der Waals surface area (Å²) in [6, 6.07) is 0. The van der Waals surface area contributed by atoms with E-state index in [1.807, 2.05) is 0 Å². The minimum Gasteiger partial charge on any atom is -0.388 e. The van der Waals surface area contributed by atoms with Gasteiger partial charge in [-0.25, -0.2) is 8.42 Å². The van der Waals surface area contributed by atoms with E-state index in [9.17, 15) is 13.5 Å². The van der Waals surface area contributed by atoms with Gasteiger partial charge in [0.25, 0.3) is 0 Å². The van der Waals surface area contributed by atoms with Gasteiger partial charge in [-0.3, -0.25) is 0 Å². The molecule has 0 spiro atoms. The lowest BCUT2D eigenvalue weighted by atomic mass is 9.77. The Morgan fingerprint density at radius 3 is 2.00 bits per heavy atom. The summed E-state index contributed by atoms with van der Waals surface area (Å²) in [5, 5.41) is 9.69. The molecule has 0 aromatic rings. The van der Waals surface area contributed by atoms with Crippen LogP contribution >= 0.6 is 0 Å². The molecule has 2 atom stereocenters. The molecule has 2 saturated heterocycles. The molecule has 2 fully saturated rings. The van der Waals surface area contributed by atoms with Crippen molar-refractivity contribution < 1.29 is 13.5 Å². The highest BCUT2D eigenvalue weighted by Gasteiger charge is 2.56. The fourth-order valence-corrected chi connectivity index (χ4v) is 5.26. The first-order valence-corrected chi connectivity index (χ1v) is 7.02. The van der Waals surface area contributed by atoms with Crippen LogP contribution in [-0.2, 0) is 9.84 Å². The van der Waals surface area contributed by atoms with Gasteiger partial charge < -0.3 is 10.8 Å². The Hall–Kier alpha value is -0.130. The molecule has 2 rings (SSSR count). The number of rotatable bonds is 1. The zero-order valence-corrected chi connectivity index (χ0v) is 10.0. The predicted octanol–water partition coefficient (Wildman–Crippen LogP) is 0.194. The summed E-state index contributed by atoms with van der Waals surface area (Å²) >= 11 is 0. The highest BCUT2D eigenvalue weighted by Crippen LogP contribution is 2.46. The second-order valence-corrected chi connectivity index (χ2v) is 8.08. The van der Waals surface area contributed by atoms with Crippen LogP contribution < -0.4 is 5.73 Å². The lowest BCUT2D eigenvalue weighted by molar-refractivity contribution is -0.0369. The highest BCUT2D eigenvalue weighted by atomic mass is 32.2. The fourth-order valence-electron chi connectivity index (χ4n) is 2.77. The summed E-state index contributed by atoms with van der Waals surface area (Å²) < 4.78 is 23.7. The van der Waals surface area contributed by atoms with E-state index in [1.165, 1.54) is 0 Å². The molecule has 3 N–H and O–H groups in total. The van der Waals surface area contributed by atoms with Crippen LogP contribution in [0.25, 0.3) is 0 Å². The Bertz CT molecular complexity index is 349. The van der Waals surface area contributed by atoms with Crippen molar-refractivity contribution >= 4 is 9.84 Å². The zero-order valence-electron chi connectivity index (χ0n) is 9.23. The standard InChI is InChI=1S/C10H19NO3S/c1-9(2,11)10(12)5-7-3-4-8(6-10)15(7,13)14/h7-8,12H,3-6,11H2,1-2H3. The molecule has 0 amide bonds. The first kappa shape index (κ1) is 11.4. The number of aliphatic hydroxyl groups is 1. The molecule has 88 valence electrons. The van der Waals surface area contributed by atoms with Gasteiger partial charge in [-0.1, -0.05) is 0 Å². The van der Waals surface area contributed by atoms with Crippen LogP contribution in [0.4, 0.5) is 0 Å². The molecule has 0 aromatic carbocycles. The van der Waals surface area contributed by atoms with Gasteiger partial charge in [0.2, 0.25) is 0 Å². The van der Waals surface area contributed by atoms with Crippen molar-refractivity contribution in [3.8, 4) is 0 Å². The van der Waals surface area contributed by atoms with Gasteiger partial charge in [-0.2, -0.15) is 0 Å². The average Bonchev–Trinajstić information content (AvgIpc) is 2.29. The van der Waals surface area contributed by atoms with Crippen LogP contribution in [-0.4, -0.2) is 35.2 Å². The maximum atomic E-state index is 11.8. The smallest absolute Gasteiger partial charge is 0.156 e. The van der Waals surface area contributed by atoms with Crippen LogP contribution in [0.15, 0.2) is 0 Å². The average molecular weight is 233 g/mol. The van der Waals surface area contributed by atoms with Gasteiger partial charge in [0.1, 0.15) is 0 Å². The molecule has 0 aromatic heterocycles. The molecule has 2 unspecified atom stereocenters. The third kappa shape index (κ3) is 1.52. The van der Waals surface area contributed by atoms with Gasteiger partial charge >= 0.3 is 0 Å². The lowest BCUT2D eigenvalue weighted by Crippen LogP contribution is -2.61. The summed E-state index contributed by atoms with van der Waals surface area (Å²) in [5.41, 5.74) is 4.18. The van der Waals surface area contributed by atoms with E-state index in [2.05, 4.69) is 0 Å². The van der Waals surface area contributed by atoms with Gasteiger partial charge in [0.15, 0.2) is 9.84 Å². The highest BCUT2D eigenvalue weighted by molar-refractivity contribution is 7.93. The normalized spacial score (nSPS) is 44.3. The Morgan fingerprint density at radius 2 is 1.67 bits per heavy atom. The molecule has 2 aliphatic rings. The predicted molar refractivity (Wildman–Crippen MR) is 58.2 cm³/mol. The van der Waals surface area contributed by atoms with E-state index in [0.29, 0.717) is 25.7 Å². The third-order valence-corrected chi connectivity index (χ3v) is 6.73. The molecule has 0 aliphatic carbocycles. The van der Waals surface area contributed by atoms with Gasteiger partial charge in [-0.15, -0.1) is 0 Å². The second-order valence-electron chi connectivity index (χ2n) is 5.57. The van der Waals surface area contributed by atoms with Crippen molar-refractivity contribution in [1.82, 2.24) is 0 Å². The number of fused-ring (bicyclic) bond motifs is 2. The topological polar surface area (TPSA) is 80.4 Å². The summed E-state index contributed by atoms with van der Waals surface area (Å²) in [7, 11) is -2.98. The molecule has 2 aliphatic heterocycles. The summed E-state index contributed by atoms with van der Waals surface area (Å²) in [5.74, 6) is 0. The maximum absolute atomic E-state index is 11.8. The van der Waals surface area contributed by atoms with E-state index in [0.717, 1.165) is 0 Å². The number of hydrogen-bond acceptors (Lipinski definition) is 4. The Balaban J connectivity index is 2.34. The van der Waals surface area contributed by atoms with Gasteiger partial charge in [0.05, 0.1) is 16.1 Å². The first-order valence-electron chi connectivity index (χ1n) is 5.41. The summed E-state index contributed by atoms with van der Waals surface area (Å²) in [6.07, 6.45) is 1.97. The van der Waals surface area contributed by atoms with E-state index >= 15 is 0 Å². The second kappa shape index (κ2) is 2.96. The van der Waals surface area contributed by atoms with Crippen molar-refractivity contribution in [2.45, 2.75) is 61.2 Å². The van der Waals surface area contributed by atoms with Crippen LogP contribution in [0, 0.1) is 0 Å². The molecule has 2 bridgehead atoms. The molecular formula is C10H19NO3S. The molecule has 15 heavy (non-hydrogen) atoms. The van der Waals surface area contributed by atoms with Crippen molar-refractivity contribution in [2.24, 2.45) is 5.73 Å². The van der Waals surface area contributed by atoms with Crippen LogP contribution in [0.1, 0.15) is 39.5 Å². The zero-order chi connectivity index (χ0) is 11.5. The van der Waals surface area contributed by atoms with Gasteiger partial charge in [-0.05, 0) is 39.5 Å². The fraction of sp³-hybridized carbons (Fsp3) is 1.00. The summed E-state index contributed by atoms with van der Waals surface area (Å²) in [4.78, 5) is 0. The Labute approximate surface area is 90.8 Å². The van der Waals surface area contributed by atoms with Crippen molar-refractivity contribution in [2.75, 3.05) is 0 Å². The minimum absolute atomic E-state index is 0.301. The molecule has 0 radical (unpaired) electrons. The molecule has 2 heterocycles. The van der Waals surface area contributed by atoms with Crippen LogP contribution in [0.3, 0.4) is 0 Å². The van der Waals surface area contributed by atoms with E-state index in [1.54, 1.807) is 13.8 Å². The number of sulfone groups is 1. The first-order chi connectivity index (χ1) is 6.67.